The average molecular weight is 308 g/mol. The predicted molar refractivity (Wildman–Crippen MR) is 82.5 cm³/mol. The summed E-state index contributed by atoms with van der Waals surface area (Å²) in [4.78, 5) is 21.4. The number of rotatable bonds is 5. The number of pyridine rings is 1. The summed E-state index contributed by atoms with van der Waals surface area (Å²) in [5.74, 6) is -1.10. The van der Waals surface area contributed by atoms with Gasteiger partial charge < -0.3 is 5.32 Å². The van der Waals surface area contributed by atoms with Crippen LogP contribution in [0.15, 0.2) is 12.3 Å². The molecule has 0 fully saturated rings. The summed E-state index contributed by atoms with van der Waals surface area (Å²) in [6.07, 6.45) is 2.20. The van der Waals surface area contributed by atoms with E-state index in [1.54, 1.807) is 0 Å². The normalized spacial score (nSPS) is 10.5. The largest absolute Gasteiger partial charge is 0.368 e. The van der Waals surface area contributed by atoms with Gasteiger partial charge in [0.05, 0.1) is 11.3 Å². The van der Waals surface area contributed by atoms with E-state index < -0.39 is 11.7 Å². The van der Waals surface area contributed by atoms with Crippen LogP contribution in [0.5, 0.6) is 0 Å². The van der Waals surface area contributed by atoms with Crippen LogP contribution in [0, 0.1) is 12.7 Å². The van der Waals surface area contributed by atoms with E-state index in [0.717, 1.165) is 17.0 Å². The van der Waals surface area contributed by atoms with Crippen molar-refractivity contribution in [2.45, 2.75) is 27.2 Å². The fourth-order valence-corrected chi connectivity index (χ4v) is 2.78. The predicted octanol–water partition coefficient (Wildman–Crippen LogP) is 3.23. The monoisotopic (exact) mass is 308 g/mol. The maximum atomic E-state index is 14.2. The van der Waals surface area contributed by atoms with Crippen molar-refractivity contribution in [3.8, 4) is 0 Å². The zero-order valence-electron chi connectivity index (χ0n) is 12.2. The molecule has 0 unspecified atom stereocenters. The van der Waals surface area contributed by atoms with Crippen molar-refractivity contribution in [2.24, 2.45) is 0 Å². The second-order valence-electron chi connectivity index (χ2n) is 4.38. The molecule has 2 aromatic rings. The van der Waals surface area contributed by atoms with Crippen LogP contribution in [0.1, 0.15) is 34.8 Å². The Morgan fingerprint density at radius 1 is 1.43 bits per heavy atom. The highest BCUT2D eigenvalue weighted by atomic mass is 32.1. The third-order valence-corrected chi connectivity index (χ3v) is 3.85. The van der Waals surface area contributed by atoms with Gasteiger partial charge in [-0.1, -0.05) is 6.92 Å². The first-order valence-corrected chi connectivity index (χ1v) is 7.54. The first-order valence-electron chi connectivity index (χ1n) is 6.72. The van der Waals surface area contributed by atoms with Crippen LogP contribution >= 0.6 is 11.3 Å². The Hall–Kier alpha value is -2.02. The fraction of sp³-hybridized carbons (Fsp3) is 0.357. The number of aryl methyl sites for hydroxylation is 2. The van der Waals surface area contributed by atoms with Gasteiger partial charge in [0.2, 0.25) is 0 Å². The quantitative estimate of drug-likeness (QED) is 0.890. The SMILES string of the molecule is CCNc1nccc(C(=O)Nc2nc(CC)c(C)s2)c1F. The number of carbonyl (C=O) groups excluding carboxylic acids is 1. The van der Waals surface area contributed by atoms with Crippen LogP contribution in [-0.2, 0) is 6.42 Å². The fourth-order valence-electron chi connectivity index (χ4n) is 1.88. The number of hydrogen-bond acceptors (Lipinski definition) is 5. The molecule has 2 aromatic heterocycles. The molecule has 0 aliphatic carbocycles. The highest BCUT2D eigenvalue weighted by Crippen LogP contribution is 2.23. The number of amides is 1. The molecule has 0 radical (unpaired) electrons. The van der Waals surface area contributed by atoms with Crippen LogP contribution in [0.3, 0.4) is 0 Å². The Labute approximate surface area is 126 Å². The van der Waals surface area contributed by atoms with Gasteiger partial charge in [-0.05, 0) is 26.3 Å². The van der Waals surface area contributed by atoms with Crippen LogP contribution in [0.2, 0.25) is 0 Å². The number of carbonyl (C=O) groups is 1. The molecule has 0 bridgehead atoms. The highest BCUT2D eigenvalue weighted by Gasteiger charge is 2.17. The highest BCUT2D eigenvalue weighted by molar-refractivity contribution is 7.15. The van der Waals surface area contributed by atoms with Crippen molar-refractivity contribution in [3.05, 3.63) is 34.2 Å². The van der Waals surface area contributed by atoms with Crippen LogP contribution in [0.4, 0.5) is 15.3 Å². The zero-order valence-corrected chi connectivity index (χ0v) is 13.0. The summed E-state index contributed by atoms with van der Waals surface area (Å²) in [6.45, 7) is 6.31. The van der Waals surface area contributed by atoms with Crippen molar-refractivity contribution < 1.29 is 9.18 Å². The van der Waals surface area contributed by atoms with Crippen molar-refractivity contribution in [2.75, 3.05) is 17.2 Å². The van der Waals surface area contributed by atoms with E-state index in [2.05, 4.69) is 20.6 Å². The number of aromatic nitrogens is 2. The van der Waals surface area contributed by atoms with E-state index in [4.69, 9.17) is 0 Å². The zero-order chi connectivity index (χ0) is 15.4. The average Bonchev–Trinajstić information content (AvgIpc) is 2.81. The van der Waals surface area contributed by atoms with Gasteiger partial charge in [0.15, 0.2) is 16.8 Å². The van der Waals surface area contributed by atoms with E-state index >= 15 is 0 Å². The van der Waals surface area contributed by atoms with Gasteiger partial charge in [-0.15, -0.1) is 11.3 Å². The smallest absolute Gasteiger partial charge is 0.260 e. The van der Waals surface area contributed by atoms with Crippen LogP contribution in [0.25, 0.3) is 0 Å². The first kappa shape index (κ1) is 15.4. The second-order valence-corrected chi connectivity index (χ2v) is 5.58. The molecule has 2 rings (SSSR count). The first-order chi connectivity index (χ1) is 10.1. The van der Waals surface area contributed by atoms with Crippen LogP contribution in [-0.4, -0.2) is 22.4 Å². The van der Waals surface area contributed by atoms with Crippen molar-refractivity contribution in [1.82, 2.24) is 9.97 Å². The Morgan fingerprint density at radius 3 is 2.81 bits per heavy atom. The Bertz CT molecular complexity index is 656. The van der Waals surface area contributed by atoms with Gasteiger partial charge in [0, 0.05) is 17.6 Å². The molecule has 0 aromatic carbocycles. The molecule has 0 aliphatic heterocycles. The number of halogens is 1. The van der Waals surface area contributed by atoms with Gasteiger partial charge >= 0.3 is 0 Å². The minimum atomic E-state index is -0.652. The minimum Gasteiger partial charge on any atom is -0.368 e. The Morgan fingerprint density at radius 2 is 2.19 bits per heavy atom. The van der Waals surface area contributed by atoms with Crippen LogP contribution < -0.4 is 10.6 Å². The summed E-state index contributed by atoms with van der Waals surface area (Å²) in [7, 11) is 0. The third kappa shape index (κ3) is 3.36. The molecule has 0 saturated carbocycles. The molecule has 0 saturated heterocycles. The number of hydrogen-bond donors (Lipinski definition) is 2. The minimum absolute atomic E-state index is 0.0492. The number of nitrogens with one attached hydrogen (secondary N) is 2. The van der Waals surface area contributed by atoms with Gasteiger partial charge in [-0.25, -0.2) is 14.4 Å². The molecule has 1 amide bonds. The molecular formula is C14H17FN4OS. The number of anilines is 2. The van der Waals surface area contributed by atoms with Gasteiger partial charge in [-0.3, -0.25) is 10.1 Å². The summed E-state index contributed by atoms with van der Waals surface area (Å²) in [6, 6.07) is 1.35. The maximum Gasteiger partial charge on any atom is 0.260 e. The summed E-state index contributed by atoms with van der Waals surface area (Å²) in [5, 5.41) is 5.90. The molecular weight excluding hydrogens is 291 g/mol. The van der Waals surface area contributed by atoms with E-state index in [9.17, 15) is 9.18 Å². The molecule has 5 nitrogen and oxygen atoms in total. The third-order valence-electron chi connectivity index (χ3n) is 2.93. The van der Waals surface area contributed by atoms with E-state index in [1.807, 2.05) is 20.8 Å². The Balaban J connectivity index is 2.22. The lowest BCUT2D eigenvalue weighted by Gasteiger charge is -2.07. The van der Waals surface area contributed by atoms with Gasteiger partial charge in [-0.2, -0.15) is 0 Å². The summed E-state index contributed by atoms with van der Waals surface area (Å²) >= 11 is 1.39. The van der Waals surface area contributed by atoms with Crippen molar-refractivity contribution in [1.29, 1.82) is 0 Å². The van der Waals surface area contributed by atoms with Gasteiger partial charge in [0.25, 0.3) is 5.91 Å². The summed E-state index contributed by atoms with van der Waals surface area (Å²) in [5.41, 5.74) is 0.894. The second kappa shape index (κ2) is 6.62. The van der Waals surface area contributed by atoms with E-state index in [1.165, 1.54) is 23.6 Å². The van der Waals surface area contributed by atoms with Gasteiger partial charge in [0.1, 0.15) is 0 Å². The molecule has 0 aliphatic rings. The van der Waals surface area contributed by atoms with Crippen molar-refractivity contribution in [3.63, 3.8) is 0 Å². The standard InChI is InChI=1S/C14H17FN4OS/c1-4-10-8(3)21-14(18-10)19-13(20)9-6-7-17-12(11(9)15)16-5-2/h6-7H,4-5H2,1-3H3,(H,16,17)(H,18,19,20). The molecule has 0 spiro atoms. The lowest BCUT2D eigenvalue weighted by atomic mass is 10.2. The lowest BCUT2D eigenvalue weighted by molar-refractivity contribution is 0.102. The number of nitrogens with zero attached hydrogens (tertiary/aromatic N) is 2. The maximum absolute atomic E-state index is 14.2. The topological polar surface area (TPSA) is 66.9 Å². The molecule has 2 N–H and O–H groups in total. The molecule has 0 atom stereocenters. The lowest BCUT2D eigenvalue weighted by Crippen LogP contribution is -2.15. The Kier molecular flexibility index (Phi) is 4.85. The van der Waals surface area contributed by atoms with E-state index in [0.29, 0.717) is 11.7 Å². The van der Waals surface area contributed by atoms with Crippen molar-refractivity contribution >= 4 is 28.2 Å². The molecule has 21 heavy (non-hydrogen) atoms. The molecule has 2 heterocycles. The summed E-state index contributed by atoms with van der Waals surface area (Å²) < 4.78 is 14.2. The molecule has 7 heteroatoms. The van der Waals surface area contributed by atoms with E-state index in [-0.39, 0.29) is 11.4 Å². The molecule has 112 valence electrons. The number of thiazole rings is 1.